The first-order valence-corrected chi connectivity index (χ1v) is 5.21. The number of alkyl halides is 6. The summed E-state index contributed by atoms with van der Waals surface area (Å²) in [5.41, 5.74) is -3.25. The van der Waals surface area contributed by atoms with E-state index in [0.717, 1.165) is 12.1 Å². The van der Waals surface area contributed by atoms with Crippen molar-refractivity contribution in [3.05, 3.63) is 40.5 Å². The molecule has 0 bridgehead atoms. The lowest BCUT2D eigenvalue weighted by Gasteiger charge is -2.14. The molecule has 19 heavy (non-hydrogen) atoms. The number of aromatic nitrogens is 1. The van der Waals surface area contributed by atoms with Crippen molar-refractivity contribution in [1.82, 2.24) is 4.98 Å². The first kappa shape index (κ1) is 13.9. The van der Waals surface area contributed by atoms with E-state index in [9.17, 15) is 26.3 Å². The molecule has 8 heteroatoms. The lowest BCUT2D eigenvalue weighted by molar-refractivity contribution is -0.142. The van der Waals surface area contributed by atoms with Gasteiger partial charge < -0.3 is 0 Å². The number of halogens is 7. The van der Waals surface area contributed by atoms with E-state index in [2.05, 4.69) is 4.98 Å². The van der Waals surface area contributed by atoms with Crippen molar-refractivity contribution in [2.24, 2.45) is 0 Å². The summed E-state index contributed by atoms with van der Waals surface area (Å²) in [6, 6.07) is 2.69. The number of nitrogens with zero attached hydrogens (tertiary/aromatic N) is 1. The summed E-state index contributed by atoms with van der Waals surface area (Å²) in [6.07, 6.45) is -9.80. The number of benzene rings is 1. The Hall–Kier alpha value is -1.50. The van der Waals surface area contributed by atoms with Gasteiger partial charge in [-0.1, -0.05) is 11.6 Å². The van der Waals surface area contributed by atoms with Gasteiger partial charge in [-0.2, -0.15) is 26.3 Å². The molecule has 1 aromatic heterocycles. The van der Waals surface area contributed by atoms with Gasteiger partial charge in [0.2, 0.25) is 0 Å². The Bertz CT molecular complexity index is 631. The number of hydrogen-bond acceptors (Lipinski definition) is 1. The second kappa shape index (κ2) is 4.26. The molecule has 0 aliphatic heterocycles. The lowest BCUT2D eigenvalue weighted by atomic mass is 10.0. The van der Waals surface area contributed by atoms with Crippen molar-refractivity contribution >= 4 is 22.5 Å². The maximum atomic E-state index is 12.8. The lowest BCUT2D eigenvalue weighted by Crippen LogP contribution is -2.11. The summed E-state index contributed by atoms with van der Waals surface area (Å²) in [4.78, 5) is 3.49. The van der Waals surface area contributed by atoms with Crippen LogP contribution in [0.15, 0.2) is 24.3 Å². The normalized spacial score (nSPS) is 13.0. The standard InChI is InChI=1S/C11H4ClF6N/c12-9-2-1-6-7(11(16,17)18)3-5(10(13,14)15)4-8(6)19-9/h1-4H. The molecule has 0 amide bonds. The van der Waals surface area contributed by atoms with Crippen LogP contribution < -0.4 is 0 Å². The zero-order chi connectivity index (χ0) is 14.4. The smallest absolute Gasteiger partial charge is 0.236 e. The Morgan fingerprint density at radius 3 is 2.05 bits per heavy atom. The molecule has 0 aliphatic rings. The van der Waals surface area contributed by atoms with Gasteiger partial charge in [0.1, 0.15) is 5.15 Å². The molecule has 0 spiro atoms. The third-order valence-electron chi connectivity index (χ3n) is 2.41. The molecule has 2 aromatic rings. The van der Waals surface area contributed by atoms with Gasteiger partial charge in [0.25, 0.3) is 0 Å². The van der Waals surface area contributed by atoms with Gasteiger partial charge in [0.05, 0.1) is 16.6 Å². The molecule has 0 saturated carbocycles. The second-order valence-electron chi connectivity index (χ2n) is 3.72. The predicted octanol–water partition coefficient (Wildman–Crippen LogP) is 4.93. The Morgan fingerprint density at radius 2 is 1.53 bits per heavy atom. The van der Waals surface area contributed by atoms with Crippen LogP contribution in [-0.2, 0) is 12.4 Å². The Balaban J connectivity index is 2.84. The van der Waals surface area contributed by atoms with Crippen molar-refractivity contribution in [1.29, 1.82) is 0 Å². The van der Waals surface area contributed by atoms with Crippen LogP contribution in [0.5, 0.6) is 0 Å². The van der Waals surface area contributed by atoms with Crippen LogP contribution in [0.2, 0.25) is 5.15 Å². The average molecular weight is 300 g/mol. The highest BCUT2D eigenvalue weighted by Crippen LogP contribution is 2.39. The van der Waals surface area contributed by atoms with Crippen LogP contribution in [0.3, 0.4) is 0 Å². The fourth-order valence-electron chi connectivity index (χ4n) is 1.61. The van der Waals surface area contributed by atoms with E-state index in [4.69, 9.17) is 11.6 Å². The minimum Gasteiger partial charge on any atom is -0.236 e. The Labute approximate surface area is 107 Å². The molecule has 0 atom stereocenters. The van der Waals surface area contributed by atoms with Gasteiger partial charge in [-0.05, 0) is 24.3 Å². The quantitative estimate of drug-likeness (QED) is 0.497. The molecule has 0 aliphatic carbocycles. The second-order valence-corrected chi connectivity index (χ2v) is 4.11. The summed E-state index contributed by atoms with van der Waals surface area (Å²) < 4.78 is 75.9. The van der Waals surface area contributed by atoms with Gasteiger partial charge in [-0.15, -0.1) is 0 Å². The van der Waals surface area contributed by atoms with Crippen LogP contribution in [0.1, 0.15) is 11.1 Å². The maximum Gasteiger partial charge on any atom is 0.417 e. The zero-order valence-electron chi connectivity index (χ0n) is 8.90. The molecular weight excluding hydrogens is 296 g/mol. The topological polar surface area (TPSA) is 12.9 Å². The maximum absolute atomic E-state index is 12.8. The average Bonchev–Trinajstić information content (AvgIpc) is 2.24. The third kappa shape index (κ3) is 2.75. The molecule has 102 valence electrons. The molecule has 0 saturated heterocycles. The highest BCUT2D eigenvalue weighted by molar-refractivity contribution is 6.29. The van der Waals surface area contributed by atoms with Crippen molar-refractivity contribution in [2.45, 2.75) is 12.4 Å². The summed E-state index contributed by atoms with van der Waals surface area (Å²) in [7, 11) is 0. The van der Waals surface area contributed by atoms with E-state index in [-0.39, 0.29) is 11.2 Å². The van der Waals surface area contributed by atoms with Crippen molar-refractivity contribution < 1.29 is 26.3 Å². The first-order chi connectivity index (χ1) is 8.59. The third-order valence-corrected chi connectivity index (χ3v) is 2.62. The molecule has 0 N–H and O–H groups in total. The van der Waals surface area contributed by atoms with E-state index < -0.39 is 34.4 Å². The SMILES string of the molecule is FC(F)(F)c1cc(C(F)(F)F)c2ccc(Cl)nc2c1. The minimum absolute atomic E-state index is 0.0674. The van der Waals surface area contributed by atoms with Crippen LogP contribution in [0.4, 0.5) is 26.3 Å². The predicted molar refractivity (Wildman–Crippen MR) is 56.8 cm³/mol. The number of fused-ring (bicyclic) bond motifs is 1. The van der Waals surface area contributed by atoms with Crippen molar-refractivity contribution in [3.8, 4) is 0 Å². The van der Waals surface area contributed by atoms with Crippen molar-refractivity contribution in [3.63, 3.8) is 0 Å². The van der Waals surface area contributed by atoms with Crippen LogP contribution in [0.25, 0.3) is 10.9 Å². The molecule has 1 heterocycles. The molecule has 0 unspecified atom stereocenters. The molecular formula is C11H4ClF6N. The van der Waals surface area contributed by atoms with E-state index in [1.165, 1.54) is 0 Å². The van der Waals surface area contributed by atoms with Crippen LogP contribution in [-0.4, -0.2) is 4.98 Å². The van der Waals surface area contributed by atoms with Gasteiger partial charge in [-0.25, -0.2) is 4.98 Å². The van der Waals surface area contributed by atoms with E-state index in [0.29, 0.717) is 6.07 Å². The highest BCUT2D eigenvalue weighted by atomic mass is 35.5. The summed E-state index contributed by atoms with van der Waals surface area (Å²) >= 11 is 5.48. The Morgan fingerprint density at radius 1 is 0.895 bits per heavy atom. The first-order valence-electron chi connectivity index (χ1n) is 4.84. The van der Waals surface area contributed by atoms with Gasteiger partial charge in [0, 0.05) is 5.39 Å². The van der Waals surface area contributed by atoms with Crippen LogP contribution in [0, 0.1) is 0 Å². The van der Waals surface area contributed by atoms with E-state index in [1.54, 1.807) is 0 Å². The zero-order valence-corrected chi connectivity index (χ0v) is 9.66. The van der Waals surface area contributed by atoms with Gasteiger partial charge in [0.15, 0.2) is 0 Å². The highest BCUT2D eigenvalue weighted by Gasteiger charge is 2.38. The summed E-state index contributed by atoms with van der Waals surface area (Å²) in [5, 5.41) is -0.607. The Kier molecular flexibility index (Phi) is 3.12. The molecule has 1 nitrogen and oxygen atoms in total. The summed E-state index contributed by atoms with van der Waals surface area (Å²) in [5.74, 6) is 0. The van der Waals surface area contributed by atoms with Crippen LogP contribution >= 0.6 is 11.6 Å². The monoisotopic (exact) mass is 299 g/mol. The van der Waals surface area contributed by atoms with Crippen molar-refractivity contribution in [2.75, 3.05) is 0 Å². The number of pyridine rings is 1. The summed E-state index contributed by atoms with van der Waals surface area (Å²) in [6.45, 7) is 0. The molecule has 0 radical (unpaired) electrons. The minimum atomic E-state index is -4.91. The largest absolute Gasteiger partial charge is 0.417 e. The van der Waals surface area contributed by atoms with E-state index in [1.807, 2.05) is 0 Å². The fourth-order valence-corrected chi connectivity index (χ4v) is 1.76. The fraction of sp³-hybridized carbons (Fsp3) is 0.182. The van der Waals surface area contributed by atoms with Gasteiger partial charge in [-0.3, -0.25) is 0 Å². The van der Waals surface area contributed by atoms with Gasteiger partial charge >= 0.3 is 12.4 Å². The molecule has 2 rings (SSSR count). The number of hydrogen-bond donors (Lipinski definition) is 0. The number of rotatable bonds is 0. The molecule has 1 aromatic carbocycles. The molecule has 0 fully saturated rings. The van der Waals surface area contributed by atoms with E-state index >= 15 is 0 Å².